The smallest absolute Gasteiger partial charge is 0.105 e. The van der Waals surface area contributed by atoms with Crippen LogP contribution in [-0.2, 0) is 0 Å². The summed E-state index contributed by atoms with van der Waals surface area (Å²) in [7, 11) is 0. The molecule has 0 saturated carbocycles. The fourth-order valence-electron chi connectivity index (χ4n) is 0.819. The van der Waals surface area contributed by atoms with Gasteiger partial charge in [-0.2, -0.15) is 0 Å². The molecule has 0 radical (unpaired) electrons. The van der Waals surface area contributed by atoms with Gasteiger partial charge in [-0.3, -0.25) is 0 Å². The van der Waals surface area contributed by atoms with Crippen LogP contribution in [0.3, 0.4) is 0 Å². The zero-order valence-corrected chi connectivity index (χ0v) is 5.78. The van der Waals surface area contributed by atoms with Crippen molar-refractivity contribution in [1.82, 2.24) is 14.8 Å². The Bertz CT molecular complexity index is 355. The lowest BCUT2D eigenvalue weighted by molar-refractivity contribution is 0.855. The number of hydrogen-bond acceptors (Lipinski definition) is 2. The monoisotopic (exact) mass is 153 g/mol. The first-order chi connectivity index (χ1) is 4.88. The summed E-state index contributed by atoms with van der Waals surface area (Å²) in [6, 6.07) is 3.63. The summed E-state index contributed by atoms with van der Waals surface area (Å²) in [6.07, 6.45) is 3.43. The van der Waals surface area contributed by atoms with E-state index in [4.69, 9.17) is 11.6 Å². The van der Waals surface area contributed by atoms with Crippen LogP contribution in [0.15, 0.2) is 24.5 Å². The SMILES string of the molecule is Clc1cccn2nncc12. The highest BCUT2D eigenvalue weighted by atomic mass is 35.5. The standard InChI is InChI=1S/C6H4ClN3/c7-5-2-1-3-10-6(5)4-8-9-10/h1-4H. The minimum atomic E-state index is 0.674. The molecule has 0 fully saturated rings. The van der Waals surface area contributed by atoms with Crippen molar-refractivity contribution in [2.75, 3.05) is 0 Å². The Morgan fingerprint density at radius 3 is 3.20 bits per heavy atom. The predicted molar refractivity (Wildman–Crippen MR) is 38.0 cm³/mol. The average Bonchev–Trinajstić information content (AvgIpc) is 2.36. The van der Waals surface area contributed by atoms with E-state index in [1.165, 1.54) is 0 Å². The van der Waals surface area contributed by atoms with Crippen molar-refractivity contribution in [3.63, 3.8) is 0 Å². The van der Waals surface area contributed by atoms with Gasteiger partial charge < -0.3 is 0 Å². The Kier molecular flexibility index (Phi) is 1.11. The van der Waals surface area contributed by atoms with Crippen LogP contribution in [0.25, 0.3) is 5.52 Å². The molecule has 0 atom stereocenters. The second-order valence-corrected chi connectivity index (χ2v) is 2.33. The molecular weight excluding hydrogens is 150 g/mol. The lowest BCUT2D eigenvalue weighted by Gasteiger charge is -1.90. The van der Waals surface area contributed by atoms with Gasteiger partial charge in [-0.05, 0) is 12.1 Å². The molecule has 10 heavy (non-hydrogen) atoms. The van der Waals surface area contributed by atoms with E-state index in [2.05, 4.69) is 10.3 Å². The van der Waals surface area contributed by atoms with E-state index in [1.54, 1.807) is 23.0 Å². The van der Waals surface area contributed by atoms with Gasteiger partial charge in [0.1, 0.15) is 5.52 Å². The summed E-state index contributed by atoms with van der Waals surface area (Å²) in [6.45, 7) is 0. The van der Waals surface area contributed by atoms with E-state index in [0.717, 1.165) is 5.52 Å². The Hall–Kier alpha value is -1.09. The number of pyridine rings is 1. The summed E-state index contributed by atoms with van der Waals surface area (Å²) < 4.78 is 1.63. The molecule has 2 rings (SSSR count). The van der Waals surface area contributed by atoms with E-state index in [-0.39, 0.29) is 0 Å². The molecule has 0 N–H and O–H groups in total. The molecule has 0 aliphatic carbocycles. The molecule has 50 valence electrons. The van der Waals surface area contributed by atoms with Crippen molar-refractivity contribution in [1.29, 1.82) is 0 Å². The van der Waals surface area contributed by atoms with Crippen molar-refractivity contribution >= 4 is 17.1 Å². The van der Waals surface area contributed by atoms with Gasteiger partial charge in [-0.25, -0.2) is 4.52 Å². The molecular formula is C6H4ClN3. The summed E-state index contributed by atoms with van der Waals surface area (Å²) in [4.78, 5) is 0. The second-order valence-electron chi connectivity index (χ2n) is 1.92. The van der Waals surface area contributed by atoms with Crippen LogP contribution in [-0.4, -0.2) is 14.8 Å². The third kappa shape index (κ3) is 0.675. The van der Waals surface area contributed by atoms with Crippen molar-refractivity contribution < 1.29 is 0 Å². The van der Waals surface area contributed by atoms with Crippen LogP contribution in [0.2, 0.25) is 5.02 Å². The van der Waals surface area contributed by atoms with Crippen molar-refractivity contribution in [2.45, 2.75) is 0 Å². The summed E-state index contributed by atoms with van der Waals surface area (Å²) in [5, 5.41) is 8.13. The van der Waals surface area contributed by atoms with E-state index in [9.17, 15) is 0 Å². The zero-order valence-electron chi connectivity index (χ0n) is 5.03. The first-order valence-corrected chi connectivity index (χ1v) is 3.20. The quantitative estimate of drug-likeness (QED) is 0.573. The van der Waals surface area contributed by atoms with E-state index >= 15 is 0 Å². The van der Waals surface area contributed by atoms with Gasteiger partial charge in [0, 0.05) is 6.20 Å². The van der Waals surface area contributed by atoms with Gasteiger partial charge in [0.05, 0.1) is 11.2 Å². The van der Waals surface area contributed by atoms with Crippen molar-refractivity contribution in [3.8, 4) is 0 Å². The van der Waals surface area contributed by atoms with Crippen LogP contribution in [0.4, 0.5) is 0 Å². The average molecular weight is 154 g/mol. The fourth-order valence-corrected chi connectivity index (χ4v) is 1.03. The minimum absolute atomic E-state index is 0.674. The third-order valence-electron chi connectivity index (χ3n) is 1.29. The third-order valence-corrected chi connectivity index (χ3v) is 1.61. The number of rotatable bonds is 0. The summed E-state index contributed by atoms with van der Waals surface area (Å²) >= 11 is 5.80. The van der Waals surface area contributed by atoms with Gasteiger partial charge >= 0.3 is 0 Å². The number of hydrogen-bond donors (Lipinski definition) is 0. The number of nitrogens with zero attached hydrogens (tertiary/aromatic N) is 3. The number of fused-ring (bicyclic) bond motifs is 1. The van der Waals surface area contributed by atoms with Crippen molar-refractivity contribution in [3.05, 3.63) is 29.5 Å². The van der Waals surface area contributed by atoms with Crippen molar-refractivity contribution in [2.24, 2.45) is 0 Å². The van der Waals surface area contributed by atoms with Gasteiger partial charge in [0.15, 0.2) is 0 Å². The molecule has 0 aromatic carbocycles. The highest BCUT2D eigenvalue weighted by molar-refractivity contribution is 6.33. The second kappa shape index (κ2) is 1.95. The molecule has 0 saturated heterocycles. The molecule has 0 aliphatic rings. The highest BCUT2D eigenvalue weighted by Gasteiger charge is 1.96. The van der Waals surface area contributed by atoms with E-state index in [0.29, 0.717) is 5.02 Å². The molecule has 3 nitrogen and oxygen atoms in total. The first kappa shape index (κ1) is 5.68. The predicted octanol–water partition coefficient (Wildman–Crippen LogP) is 1.38. The largest absolute Gasteiger partial charge is 0.219 e. The zero-order chi connectivity index (χ0) is 6.97. The Morgan fingerprint density at radius 2 is 2.40 bits per heavy atom. The summed E-state index contributed by atoms with van der Waals surface area (Å²) in [5.74, 6) is 0. The van der Waals surface area contributed by atoms with Crippen LogP contribution in [0, 0.1) is 0 Å². The lowest BCUT2D eigenvalue weighted by Crippen LogP contribution is -1.84. The molecule has 0 spiro atoms. The topological polar surface area (TPSA) is 30.2 Å². The maximum absolute atomic E-state index is 5.80. The Morgan fingerprint density at radius 1 is 1.50 bits per heavy atom. The molecule has 2 heterocycles. The van der Waals surface area contributed by atoms with Crippen LogP contribution < -0.4 is 0 Å². The highest BCUT2D eigenvalue weighted by Crippen LogP contribution is 2.13. The van der Waals surface area contributed by atoms with Gasteiger partial charge in [-0.1, -0.05) is 16.8 Å². The Labute approximate surface area is 62.2 Å². The van der Waals surface area contributed by atoms with Crippen LogP contribution in [0.5, 0.6) is 0 Å². The fraction of sp³-hybridized carbons (Fsp3) is 0. The minimum Gasteiger partial charge on any atom is -0.219 e. The van der Waals surface area contributed by atoms with E-state index in [1.807, 2.05) is 6.07 Å². The van der Waals surface area contributed by atoms with Crippen LogP contribution in [0.1, 0.15) is 0 Å². The molecule has 0 aliphatic heterocycles. The number of aromatic nitrogens is 3. The molecule has 0 bridgehead atoms. The van der Waals surface area contributed by atoms with Gasteiger partial charge in [0.2, 0.25) is 0 Å². The van der Waals surface area contributed by atoms with Gasteiger partial charge in [-0.15, -0.1) is 5.10 Å². The number of halogens is 1. The normalized spacial score (nSPS) is 10.5. The molecule has 2 aromatic rings. The summed E-state index contributed by atoms with van der Waals surface area (Å²) in [5.41, 5.74) is 0.837. The lowest BCUT2D eigenvalue weighted by atomic mass is 10.4. The van der Waals surface area contributed by atoms with Crippen LogP contribution >= 0.6 is 11.6 Å². The molecule has 4 heteroatoms. The Balaban J connectivity index is 2.95. The maximum atomic E-state index is 5.80. The molecule has 2 aromatic heterocycles. The first-order valence-electron chi connectivity index (χ1n) is 2.82. The van der Waals surface area contributed by atoms with Gasteiger partial charge in [0.25, 0.3) is 0 Å². The van der Waals surface area contributed by atoms with E-state index < -0.39 is 0 Å². The molecule has 0 amide bonds. The molecule has 0 unspecified atom stereocenters. The maximum Gasteiger partial charge on any atom is 0.105 e.